The molecule has 1 aromatic heterocycles. The van der Waals surface area contributed by atoms with Crippen molar-refractivity contribution < 1.29 is 5.11 Å². The lowest BCUT2D eigenvalue weighted by Crippen LogP contribution is -2.15. The lowest BCUT2D eigenvalue weighted by molar-refractivity contribution is 0.148. The molecule has 0 spiro atoms. The van der Waals surface area contributed by atoms with E-state index in [1.807, 2.05) is 25.3 Å². The molecule has 1 heterocycles. The minimum absolute atomic E-state index is 0.277. The Hall–Kier alpha value is -1.67. The van der Waals surface area contributed by atoms with Gasteiger partial charge in [-0.05, 0) is 42.4 Å². The molecule has 2 heteroatoms. The highest BCUT2D eigenvalue weighted by Gasteiger charge is 2.43. The van der Waals surface area contributed by atoms with E-state index in [4.69, 9.17) is 0 Å². The van der Waals surface area contributed by atoms with Gasteiger partial charge in [-0.2, -0.15) is 0 Å². The molecule has 98 valence electrons. The maximum absolute atomic E-state index is 10.3. The molecule has 1 N–H and O–H groups in total. The standard InChI is InChI=1S/C17H19NO/c1-12-7-8-14(18-11-12)9-17(19)16-10-15(16)13-5-3-2-4-6-13/h2-8,11,15-17,19H,9-10H2,1H3. The van der Waals surface area contributed by atoms with Gasteiger partial charge in [0.1, 0.15) is 0 Å². The van der Waals surface area contributed by atoms with Crippen molar-refractivity contribution in [2.45, 2.75) is 31.8 Å². The molecule has 3 rings (SSSR count). The summed E-state index contributed by atoms with van der Waals surface area (Å²) in [6.45, 7) is 2.03. The van der Waals surface area contributed by atoms with Crippen LogP contribution in [0.1, 0.15) is 29.2 Å². The molecule has 3 atom stereocenters. The summed E-state index contributed by atoms with van der Waals surface area (Å²) in [6.07, 6.45) is 3.34. The average molecular weight is 253 g/mol. The van der Waals surface area contributed by atoms with Gasteiger partial charge in [0, 0.05) is 18.3 Å². The van der Waals surface area contributed by atoms with Gasteiger partial charge in [0.25, 0.3) is 0 Å². The smallest absolute Gasteiger partial charge is 0.0629 e. The highest BCUT2D eigenvalue weighted by molar-refractivity contribution is 5.26. The average Bonchev–Trinajstić information content (AvgIpc) is 3.23. The lowest BCUT2D eigenvalue weighted by Gasteiger charge is -2.10. The third-order valence-corrected chi connectivity index (χ3v) is 3.95. The SMILES string of the molecule is Cc1ccc(CC(O)C2CC2c2ccccc2)nc1. The first kappa shape index (κ1) is 12.4. The Morgan fingerprint density at radius 3 is 2.68 bits per heavy atom. The van der Waals surface area contributed by atoms with Crippen molar-refractivity contribution in [1.29, 1.82) is 0 Å². The second kappa shape index (κ2) is 5.14. The van der Waals surface area contributed by atoms with Crippen molar-refractivity contribution in [2.75, 3.05) is 0 Å². The highest BCUT2D eigenvalue weighted by atomic mass is 16.3. The van der Waals surface area contributed by atoms with Gasteiger partial charge in [-0.15, -0.1) is 0 Å². The Kier molecular flexibility index (Phi) is 3.34. The zero-order valence-electron chi connectivity index (χ0n) is 11.2. The number of aliphatic hydroxyl groups is 1. The van der Waals surface area contributed by atoms with Gasteiger partial charge in [-0.3, -0.25) is 4.98 Å². The monoisotopic (exact) mass is 253 g/mol. The van der Waals surface area contributed by atoms with Crippen LogP contribution in [0.5, 0.6) is 0 Å². The maximum Gasteiger partial charge on any atom is 0.0629 e. The topological polar surface area (TPSA) is 33.1 Å². The number of pyridine rings is 1. The van der Waals surface area contributed by atoms with Crippen LogP contribution in [0.25, 0.3) is 0 Å². The second-order valence-electron chi connectivity index (χ2n) is 5.52. The number of aryl methyl sites for hydroxylation is 1. The van der Waals surface area contributed by atoms with E-state index in [1.165, 1.54) is 5.56 Å². The molecule has 2 aromatic rings. The van der Waals surface area contributed by atoms with Gasteiger partial charge in [-0.1, -0.05) is 36.4 Å². The number of aliphatic hydroxyl groups excluding tert-OH is 1. The minimum Gasteiger partial charge on any atom is -0.392 e. The molecule has 0 amide bonds. The van der Waals surface area contributed by atoms with E-state index < -0.39 is 0 Å². The molecule has 1 fully saturated rings. The number of nitrogens with zero attached hydrogens (tertiary/aromatic N) is 1. The van der Waals surface area contributed by atoms with Gasteiger partial charge in [0.05, 0.1) is 6.10 Å². The van der Waals surface area contributed by atoms with Crippen LogP contribution in [0, 0.1) is 12.8 Å². The van der Waals surface area contributed by atoms with E-state index in [1.54, 1.807) is 0 Å². The fraction of sp³-hybridized carbons (Fsp3) is 0.353. The summed E-state index contributed by atoms with van der Waals surface area (Å²) in [5.41, 5.74) is 3.49. The maximum atomic E-state index is 10.3. The molecule has 0 bridgehead atoms. The van der Waals surface area contributed by atoms with E-state index in [2.05, 4.69) is 35.3 Å². The molecule has 2 nitrogen and oxygen atoms in total. The van der Waals surface area contributed by atoms with E-state index in [-0.39, 0.29) is 6.10 Å². The largest absolute Gasteiger partial charge is 0.392 e. The zero-order chi connectivity index (χ0) is 13.2. The first-order valence-corrected chi connectivity index (χ1v) is 6.88. The lowest BCUT2D eigenvalue weighted by atomic mass is 10.0. The molecule has 19 heavy (non-hydrogen) atoms. The van der Waals surface area contributed by atoms with Crippen molar-refractivity contribution in [3.05, 3.63) is 65.5 Å². The molecule has 0 aliphatic heterocycles. The molecule has 1 saturated carbocycles. The summed E-state index contributed by atoms with van der Waals surface area (Å²) >= 11 is 0. The van der Waals surface area contributed by atoms with E-state index in [0.29, 0.717) is 18.3 Å². The predicted molar refractivity (Wildman–Crippen MR) is 76.0 cm³/mol. The summed E-state index contributed by atoms with van der Waals surface area (Å²) in [4.78, 5) is 4.37. The van der Waals surface area contributed by atoms with Crippen molar-refractivity contribution in [3.8, 4) is 0 Å². The summed E-state index contributed by atoms with van der Waals surface area (Å²) in [6, 6.07) is 14.5. The first-order chi connectivity index (χ1) is 9.24. The molecule has 3 unspecified atom stereocenters. The van der Waals surface area contributed by atoms with E-state index in [9.17, 15) is 5.11 Å². The second-order valence-corrected chi connectivity index (χ2v) is 5.52. The molecular weight excluding hydrogens is 234 g/mol. The summed E-state index contributed by atoms with van der Waals surface area (Å²) in [7, 11) is 0. The summed E-state index contributed by atoms with van der Waals surface area (Å²) < 4.78 is 0. The van der Waals surface area contributed by atoms with Gasteiger partial charge >= 0.3 is 0 Å². The van der Waals surface area contributed by atoms with Gasteiger partial charge in [-0.25, -0.2) is 0 Å². The Morgan fingerprint density at radius 1 is 1.21 bits per heavy atom. The van der Waals surface area contributed by atoms with Crippen molar-refractivity contribution in [1.82, 2.24) is 4.98 Å². The van der Waals surface area contributed by atoms with Crippen LogP contribution in [0.4, 0.5) is 0 Å². The van der Waals surface area contributed by atoms with Gasteiger partial charge in [0.15, 0.2) is 0 Å². The van der Waals surface area contributed by atoms with Crippen LogP contribution in [-0.2, 0) is 6.42 Å². The van der Waals surface area contributed by atoms with Gasteiger partial charge < -0.3 is 5.11 Å². The highest BCUT2D eigenvalue weighted by Crippen LogP contribution is 2.49. The minimum atomic E-state index is -0.277. The fourth-order valence-corrected chi connectivity index (χ4v) is 2.71. The van der Waals surface area contributed by atoms with Crippen molar-refractivity contribution >= 4 is 0 Å². The number of benzene rings is 1. The fourth-order valence-electron chi connectivity index (χ4n) is 2.71. The number of hydrogen-bond acceptors (Lipinski definition) is 2. The van der Waals surface area contributed by atoms with Crippen LogP contribution < -0.4 is 0 Å². The molecule has 1 aliphatic carbocycles. The van der Waals surface area contributed by atoms with Crippen LogP contribution in [0.3, 0.4) is 0 Å². The molecular formula is C17H19NO. The molecule has 0 saturated heterocycles. The van der Waals surface area contributed by atoms with Crippen LogP contribution in [0.2, 0.25) is 0 Å². The van der Waals surface area contributed by atoms with E-state index in [0.717, 1.165) is 17.7 Å². The third kappa shape index (κ3) is 2.85. The molecule has 1 aliphatic rings. The predicted octanol–water partition coefficient (Wildman–Crippen LogP) is 3.10. The van der Waals surface area contributed by atoms with Crippen LogP contribution in [-0.4, -0.2) is 16.2 Å². The Morgan fingerprint density at radius 2 is 2.00 bits per heavy atom. The molecule has 1 aromatic carbocycles. The quantitative estimate of drug-likeness (QED) is 0.908. The van der Waals surface area contributed by atoms with Crippen LogP contribution >= 0.6 is 0 Å². The Balaban J connectivity index is 1.61. The Bertz CT molecular complexity index is 535. The zero-order valence-corrected chi connectivity index (χ0v) is 11.2. The third-order valence-electron chi connectivity index (χ3n) is 3.95. The Labute approximate surface area is 114 Å². The number of aromatic nitrogens is 1. The molecule has 0 radical (unpaired) electrons. The summed E-state index contributed by atoms with van der Waals surface area (Å²) in [5, 5.41) is 10.3. The van der Waals surface area contributed by atoms with Crippen LogP contribution in [0.15, 0.2) is 48.7 Å². The first-order valence-electron chi connectivity index (χ1n) is 6.88. The van der Waals surface area contributed by atoms with Crippen molar-refractivity contribution in [2.24, 2.45) is 5.92 Å². The normalized spacial score (nSPS) is 23.1. The van der Waals surface area contributed by atoms with Crippen molar-refractivity contribution in [3.63, 3.8) is 0 Å². The van der Waals surface area contributed by atoms with Gasteiger partial charge in [0.2, 0.25) is 0 Å². The number of rotatable bonds is 4. The summed E-state index contributed by atoms with van der Waals surface area (Å²) in [5.74, 6) is 0.923. The number of hydrogen-bond donors (Lipinski definition) is 1. The van der Waals surface area contributed by atoms with E-state index >= 15 is 0 Å².